The second-order valence-corrected chi connectivity index (χ2v) is 10.8. The zero-order valence-electron chi connectivity index (χ0n) is 19.3. The number of carbonyl (C=O) groups is 3. The number of imide groups is 1. The van der Waals surface area contributed by atoms with Crippen molar-refractivity contribution in [2.75, 3.05) is 31.1 Å². The highest BCUT2D eigenvalue weighted by molar-refractivity contribution is 7.89. The third-order valence-electron chi connectivity index (χ3n) is 6.73. The molecule has 2 amide bonds. The van der Waals surface area contributed by atoms with Crippen LogP contribution in [0.2, 0.25) is 0 Å². The predicted molar refractivity (Wildman–Crippen MR) is 132 cm³/mol. The SMILES string of the molecule is CC(=O)c1ccc(N2C(=O)C[C@H](N3CCN(S(=O)(=O)c4ccc5ccccc5c4)CC3)C2=O)cc1. The molecule has 2 aliphatic rings. The topological polar surface area (TPSA) is 95.1 Å². The Morgan fingerprint density at radius 1 is 0.857 bits per heavy atom. The van der Waals surface area contributed by atoms with Crippen molar-refractivity contribution in [1.29, 1.82) is 0 Å². The minimum atomic E-state index is -3.67. The summed E-state index contributed by atoms with van der Waals surface area (Å²) >= 11 is 0. The molecule has 9 heteroatoms. The largest absolute Gasteiger partial charge is 0.295 e. The molecule has 2 heterocycles. The lowest BCUT2D eigenvalue weighted by molar-refractivity contribution is -0.123. The van der Waals surface area contributed by atoms with Crippen molar-refractivity contribution in [1.82, 2.24) is 9.21 Å². The molecule has 0 aliphatic carbocycles. The van der Waals surface area contributed by atoms with Crippen molar-refractivity contribution < 1.29 is 22.8 Å². The molecule has 8 nitrogen and oxygen atoms in total. The molecule has 35 heavy (non-hydrogen) atoms. The number of hydrogen-bond donors (Lipinski definition) is 0. The first-order chi connectivity index (χ1) is 16.8. The predicted octanol–water partition coefficient (Wildman–Crippen LogP) is 2.68. The molecule has 0 N–H and O–H groups in total. The second kappa shape index (κ2) is 8.99. The summed E-state index contributed by atoms with van der Waals surface area (Å²) in [5.74, 6) is -0.719. The summed E-state index contributed by atoms with van der Waals surface area (Å²) in [6, 6.07) is 18.5. The Kier molecular flexibility index (Phi) is 6.00. The van der Waals surface area contributed by atoms with E-state index < -0.39 is 16.1 Å². The molecule has 5 rings (SSSR count). The summed E-state index contributed by atoms with van der Waals surface area (Å²) in [5, 5.41) is 1.83. The maximum absolute atomic E-state index is 13.2. The number of benzene rings is 3. The van der Waals surface area contributed by atoms with Gasteiger partial charge in [-0.15, -0.1) is 0 Å². The van der Waals surface area contributed by atoms with Crippen LogP contribution in [-0.2, 0) is 19.6 Å². The van der Waals surface area contributed by atoms with E-state index in [0.29, 0.717) is 24.3 Å². The Labute approximate surface area is 203 Å². The van der Waals surface area contributed by atoms with Crippen LogP contribution in [0.4, 0.5) is 5.69 Å². The standard InChI is InChI=1S/C26H25N3O5S/c1-18(30)19-6-9-22(10-7-19)29-25(31)17-24(26(29)32)27-12-14-28(15-13-27)35(33,34)23-11-8-20-4-2-3-5-21(20)16-23/h2-11,16,24H,12-15,17H2,1H3/t24-/m0/s1. The van der Waals surface area contributed by atoms with Gasteiger partial charge >= 0.3 is 0 Å². The maximum Gasteiger partial charge on any atom is 0.251 e. The quantitative estimate of drug-likeness (QED) is 0.402. The fourth-order valence-electron chi connectivity index (χ4n) is 4.75. The van der Waals surface area contributed by atoms with Crippen LogP contribution in [-0.4, -0.2) is 67.4 Å². The minimum Gasteiger partial charge on any atom is -0.295 e. The van der Waals surface area contributed by atoms with E-state index in [1.807, 2.05) is 29.2 Å². The average molecular weight is 492 g/mol. The first-order valence-electron chi connectivity index (χ1n) is 11.5. The molecule has 2 fully saturated rings. The van der Waals surface area contributed by atoms with Gasteiger partial charge in [-0.1, -0.05) is 30.3 Å². The van der Waals surface area contributed by atoms with E-state index in [2.05, 4.69) is 0 Å². The summed E-state index contributed by atoms with van der Waals surface area (Å²) < 4.78 is 27.9. The number of amides is 2. The molecule has 0 aromatic heterocycles. The summed E-state index contributed by atoms with van der Waals surface area (Å²) in [6.07, 6.45) is 0.0463. The zero-order chi connectivity index (χ0) is 24.7. The molecule has 2 aliphatic heterocycles. The van der Waals surface area contributed by atoms with Crippen molar-refractivity contribution in [3.05, 3.63) is 72.3 Å². The summed E-state index contributed by atoms with van der Waals surface area (Å²) in [4.78, 5) is 40.6. The van der Waals surface area contributed by atoms with Crippen molar-refractivity contribution in [3.8, 4) is 0 Å². The molecule has 3 aromatic rings. The zero-order valence-corrected chi connectivity index (χ0v) is 20.1. The number of sulfonamides is 1. The van der Waals surface area contributed by atoms with Crippen LogP contribution >= 0.6 is 0 Å². The van der Waals surface area contributed by atoms with E-state index in [4.69, 9.17) is 0 Å². The maximum atomic E-state index is 13.2. The molecule has 0 unspecified atom stereocenters. The lowest BCUT2D eigenvalue weighted by atomic mass is 10.1. The van der Waals surface area contributed by atoms with Crippen molar-refractivity contribution >= 4 is 44.1 Å². The molecule has 1 atom stereocenters. The molecule has 0 bridgehead atoms. The Morgan fingerprint density at radius 2 is 1.51 bits per heavy atom. The highest BCUT2D eigenvalue weighted by atomic mass is 32.2. The number of rotatable bonds is 5. The van der Waals surface area contributed by atoms with Gasteiger partial charge in [0.2, 0.25) is 15.9 Å². The molecule has 2 saturated heterocycles. The van der Waals surface area contributed by atoms with Gasteiger partial charge < -0.3 is 0 Å². The van der Waals surface area contributed by atoms with Crippen molar-refractivity contribution in [2.45, 2.75) is 24.3 Å². The Bertz CT molecular complexity index is 1430. The van der Waals surface area contributed by atoms with Gasteiger partial charge in [-0.3, -0.25) is 19.3 Å². The normalized spacial score (nSPS) is 20.0. The molecule has 3 aromatic carbocycles. The number of nitrogens with zero attached hydrogens (tertiary/aromatic N) is 3. The van der Waals surface area contributed by atoms with E-state index in [1.165, 1.54) is 11.2 Å². The van der Waals surface area contributed by atoms with Gasteiger partial charge in [-0.25, -0.2) is 13.3 Å². The van der Waals surface area contributed by atoms with E-state index in [9.17, 15) is 22.8 Å². The van der Waals surface area contributed by atoms with Crippen LogP contribution < -0.4 is 4.90 Å². The number of piperazine rings is 1. The second-order valence-electron chi connectivity index (χ2n) is 8.84. The molecule has 0 radical (unpaired) electrons. The van der Waals surface area contributed by atoms with E-state index in [-0.39, 0.29) is 42.0 Å². The minimum absolute atomic E-state index is 0.0463. The molecule has 180 valence electrons. The Hall–Kier alpha value is -3.40. The van der Waals surface area contributed by atoms with Gasteiger partial charge in [0.25, 0.3) is 5.91 Å². The lowest BCUT2D eigenvalue weighted by Crippen LogP contribution is -2.53. The molecular weight excluding hydrogens is 466 g/mol. The van der Waals surface area contributed by atoms with Crippen LogP contribution in [0.15, 0.2) is 71.6 Å². The van der Waals surface area contributed by atoms with Gasteiger partial charge in [0.15, 0.2) is 5.78 Å². The number of Topliss-reactive ketones (excluding diaryl/α,β-unsaturated/α-hetero) is 1. The number of hydrogen-bond acceptors (Lipinski definition) is 6. The first-order valence-corrected chi connectivity index (χ1v) is 12.9. The molecule has 0 spiro atoms. The van der Waals surface area contributed by atoms with E-state index in [0.717, 1.165) is 15.7 Å². The van der Waals surface area contributed by atoms with E-state index >= 15 is 0 Å². The number of anilines is 1. The van der Waals surface area contributed by atoms with Crippen molar-refractivity contribution in [3.63, 3.8) is 0 Å². The van der Waals surface area contributed by atoms with Crippen molar-refractivity contribution in [2.24, 2.45) is 0 Å². The van der Waals surface area contributed by atoms with Gasteiger partial charge in [0.1, 0.15) is 0 Å². The monoisotopic (exact) mass is 491 g/mol. The van der Waals surface area contributed by atoms with Crippen LogP contribution in [0.5, 0.6) is 0 Å². The summed E-state index contributed by atoms with van der Waals surface area (Å²) in [5.41, 5.74) is 0.943. The van der Waals surface area contributed by atoms with Crippen LogP contribution in [0.1, 0.15) is 23.7 Å². The fourth-order valence-corrected chi connectivity index (χ4v) is 6.21. The Morgan fingerprint density at radius 3 is 2.17 bits per heavy atom. The van der Waals surface area contributed by atoms with Gasteiger partial charge in [0, 0.05) is 31.7 Å². The van der Waals surface area contributed by atoms with Crippen LogP contribution in [0.25, 0.3) is 10.8 Å². The first kappa shape index (κ1) is 23.3. The van der Waals surface area contributed by atoms with Gasteiger partial charge in [-0.05, 0) is 54.1 Å². The Balaban J connectivity index is 1.28. The number of carbonyl (C=O) groups excluding carboxylic acids is 3. The third-order valence-corrected chi connectivity index (χ3v) is 8.62. The smallest absolute Gasteiger partial charge is 0.251 e. The van der Waals surface area contributed by atoms with Gasteiger partial charge in [0.05, 0.1) is 23.0 Å². The average Bonchev–Trinajstić information content (AvgIpc) is 3.17. The summed E-state index contributed by atoms with van der Waals surface area (Å²) in [7, 11) is -3.67. The van der Waals surface area contributed by atoms with Gasteiger partial charge in [-0.2, -0.15) is 4.31 Å². The number of fused-ring (bicyclic) bond motifs is 1. The molecular formula is C26H25N3O5S. The lowest BCUT2D eigenvalue weighted by Gasteiger charge is -2.36. The molecule has 0 saturated carbocycles. The van der Waals surface area contributed by atoms with Crippen LogP contribution in [0, 0.1) is 0 Å². The van der Waals surface area contributed by atoms with E-state index in [1.54, 1.807) is 42.5 Å². The third kappa shape index (κ3) is 4.27. The van der Waals surface area contributed by atoms with Crippen LogP contribution in [0.3, 0.4) is 0 Å². The highest BCUT2D eigenvalue weighted by Crippen LogP contribution is 2.28. The number of ketones is 1. The summed E-state index contributed by atoms with van der Waals surface area (Å²) in [6.45, 7) is 2.64. The fraction of sp³-hybridized carbons (Fsp3) is 0.269. The highest BCUT2D eigenvalue weighted by Gasteiger charge is 2.44.